The Labute approximate surface area is 179 Å². The molecule has 0 aliphatic heterocycles. The van der Waals surface area contributed by atoms with Gasteiger partial charge in [-0.1, -0.05) is 67.5 Å². The first-order valence-electron chi connectivity index (χ1n) is 10.7. The second kappa shape index (κ2) is 9.29. The molecule has 0 heterocycles. The fourth-order valence-electron chi connectivity index (χ4n) is 4.44. The quantitative estimate of drug-likeness (QED) is 0.365. The second-order valence-electron chi connectivity index (χ2n) is 8.39. The zero-order valence-electron chi connectivity index (χ0n) is 18.1. The van der Waals surface area contributed by atoms with E-state index in [9.17, 15) is 14.7 Å². The van der Waals surface area contributed by atoms with Crippen LogP contribution in [0.5, 0.6) is 0 Å². The highest BCUT2D eigenvalue weighted by Gasteiger charge is 2.41. The summed E-state index contributed by atoms with van der Waals surface area (Å²) in [7, 11) is 0. The average Bonchev–Trinajstić information content (AvgIpc) is 2.72. The summed E-state index contributed by atoms with van der Waals surface area (Å²) in [4.78, 5) is 26.2. The number of ketones is 2. The molecule has 1 aromatic carbocycles. The van der Waals surface area contributed by atoms with Crippen molar-refractivity contribution in [3.8, 4) is 0 Å². The lowest BCUT2D eigenvalue weighted by Crippen LogP contribution is -2.36. The summed E-state index contributed by atoms with van der Waals surface area (Å²) in [6, 6.07) is 9.80. The predicted molar refractivity (Wildman–Crippen MR) is 120 cm³/mol. The van der Waals surface area contributed by atoms with Crippen LogP contribution in [0.2, 0.25) is 0 Å². The number of aliphatic hydroxyl groups excluding tert-OH is 1. The molecule has 0 aromatic heterocycles. The molecule has 158 valence electrons. The third-order valence-corrected chi connectivity index (χ3v) is 6.04. The van der Waals surface area contributed by atoms with Crippen LogP contribution in [0.4, 0.5) is 0 Å². The van der Waals surface area contributed by atoms with Crippen LogP contribution in [-0.2, 0) is 16.1 Å². The van der Waals surface area contributed by atoms with Gasteiger partial charge in [0.25, 0.3) is 0 Å². The van der Waals surface area contributed by atoms with Crippen LogP contribution >= 0.6 is 0 Å². The molecule has 0 bridgehead atoms. The molecule has 2 aliphatic carbocycles. The van der Waals surface area contributed by atoms with E-state index in [-0.39, 0.29) is 23.2 Å². The number of nitrogens with one attached hydrogen (secondary N) is 1. The van der Waals surface area contributed by atoms with Crippen molar-refractivity contribution < 1.29 is 14.7 Å². The van der Waals surface area contributed by atoms with E-state index in [0.29, 0.717) is 30.7 Å². The van der Waals surface area contributed by atoms with Crippen LogP contribution in [-0.4, -0.2) is 16.7 Å². The van der Waals surface area contributed by atoms with Crippen molar-refractivity contribution in [3.63, 3.8) is 0 Å². The van der Waals surface area contributed by atoms with Crippen molar-refractivity contribution in [1.82, 2.24) is 5.32 Å². The number of carbonyl (C=O) groups excluding carboxylic acids is 2. The lowest BCUT2D eigenvalue weighted by molar-refractivity contribution is -0.133. The van der Waals surface area contributed by atoms with Gasteiger partial charge in [0, 0.05) is 18.0 Å². The van der Waals surface area contributed by atoms with Crippen molar-refractivity contribution in [1.29, 1.82) is 0 Å². The van der Waals surface area contributed by atoms with E-state index in [1.807, 2.05) is 57.2 Å². The number of Topliss-reactive ketones (excluding diaryl/α,β-unsaturated/α-hetero) is 2. The number of aliphatic hydroxyl groups is 1. The van der Waals surface area contributed by atoms with Gasteiger partial charge in [0.2, 0.25) is 11.6 Å². The number of allylic oxidation sites excluding steroid dienone is 5. The van der Waals surface area contributed by atoms with Crippen LogP contribution < -0.4 is 5.32 Å². The van der Waals surface area contributed by atoms with E-state index >= 15 is 0 Å². The summed E-state index contributed by atoms with van der Waals surface area (Å²) in [5, 5.41) is 14.5. The third kappa shape index (κ3) is 4.33. The van der Waals surface area contributed by atoms with E-state index in [1.165, 1.54) is 5.57 Å². The molecule has 1 aromatic rings. The number of carbonyl (C=O) groups is 2. The minimum Gasteiger partial charge on any atom is -0.505 e. The summed E-state index contributed by atoms with van der Waals surface area (Å²) in [6.07, 6.45) is 4.98. The first-order valence-corrected chi connectivity index (χ1v) is 10.7. The van der Waals surface area contributed by atoms with E-state index in [1.54, 1.807) is 0 Å². The Hall–Kier alpha value is -2.88. The molecule has 0 saturated carbocycles. The molecule has 30 heavy (non-hydrogen) atoms. The normalized spacial score (nSPS) is 22.3. The summed E-state index contributed by atoms with van der Waals surface area (Å²) in [5.74, 6) is -1.46. The second-order valence-corrected chi connectivity index (χ2v) is 8.39. The van der Waals surface area contributed by atoms with Crippen LogP contribution in [0.3, 0.4) is 0 Å². The molecule has 1 unspecified atom stereocenters. The molecule has 0 radical (unpaired) electrons. The van der Waals surface area contributed by atoms with Crippen molar-refractivity contribution in [3.05, 3.63) is 82.3 Å². The van der Waals surface area contributed by atoms with Crippen molar-refractivity contribution in [2.75, 3.05) is 0 Å². The van der Waals surface area contributed by atoms with Gasteiger partial charge < -0.3 is 10.4 Å². The smallest absolute Gasteiger partial charge is 0.233 e. The minimum absolute atomic E-state index is 0.0331. The highest BCUT2D eigenvalue weighted by Crippen LogP contribution is 2.41. The van der Waals surface area contributed by atoms with Gasteiger partial charge in [-0.2, -0.15) is 0 Å². The maximum atomic E-state index is 13.1. The first-order chi connectivity index (χ1) is 14.3. The standard InChI is InChI=1S/C26H31NO3/c1-5-9-20-23(27-15-18-10-7-6-8-11-18)25(29)22(26(30)24(20)28)21-14-17(4)12-13-19(21)16(2)3/h6-8,10-11,14,19,21,27,29H,2,5,9,12-13,15H2,1,3-4H3/t19?,21-/m1/s1. The zero-order chi connectivity index (χ0) is 21.8. The van der Waals surface area contributed by atoms with Crippen molar-refractivity contribution >= 4 is 11.6 Å². The maximum absolute atomic E-state index is 13.1. The molecule has 4 nitrogen and oxygen atoms in total. The van der Waals surface area contributed by atoms with Gasteiger partial charge in [0.1, 0.15) is 5.76 Å². The lowest BCUT2D eigenvalue weighted by atomic mass is 9.70. The number of hydrogen-bond donors (Lipinski definition) is 2. The van der Waals surface area contributed by atoms with Gasteiger partial charge in [-0.05, 0) is 44.6 Å². The van der Waals surface area contributed by atoms with Crippen LogP contribution in [0.15, 0.2) is 76.7 Å². The van der Waals surface area contributed by atoms with E-state index in [4.69, 9.17) is 0 Å². The highest BCUT2D eigenvalue weighted by atomic mass is 16.3. The van der Waals surface area contributed by atoms with Crippen LogP contribution in [0.25, 0.3) is 0 Å². The maximum Gasteiger partial charge on any atom is 0.233 e. The van der Waals surface area contributed by atoms with Crippen molar-refractivity contribution in [2.24, 2.45) is 11.8 Å². The average molecular weight is 406 g/mol. The summed E-state index contributed by atoms with van der Waals surface area (Å²) in [6.45, 7) is 10.5. The molecule has 3 rings (SSSR count). The first kappa shape index (κ1) is 21.8. The predicted octanol–water partition coefficient (Wildman–Crippen LogP) is 5.34. The minimum atomic E-state index is -0.580. The van der Waals surface area contributed by atoms with Gasteiger partial charge in [0.15, 0.2) is 0 Å². The number of hydrogen-bond acceptors (Lipinski definition) is 4. The summed E-state index contributed by atoms with van der Waals surface area (Å²) < 4.78 is 0. The fraction of sp³-hybridized carbons (Fsp3) is 0.385. The van der Waals surface area contributed by atoms with Crippen molar-refractivity contribution in [2.45, 2.75) is 53.0 Å². The molecule has 4 heteroatoms. The van der Waals surface area contributed by atoms with Gasteiger partial charge in [0.05, 0.1) is 11.3 Å². The van der Waals surface area contributed by atoms with E-state index in [0.717, 1.165) is 24.0 Å². The molecule has 0 amide bonds. The Morgan fingerprint density at radius 3 is 2.53 bits per heavy atom. The summed E-state index contributed by atoms with van der Waals surface area (Å²) in [5.41, 5.74) is 4.15. The molecule has 2 aliphatic rings. The van der Waals surface area contributed by atoms with Crippen LogP contribution in [0.1, 0.15) is 52.0 Å². The molecule has 2 N–H and O–H groups in total. The molecule has 0 spiro atoms. The highest BCUT2D eigenvalue weighted by molar-refractivity contribution is 6.50. The number of benzene rings is 1. The Morgan fingerprint density at radius 2 is 1.90 bits per heavy atom. The Balaban J connectivity index is 2.07. The Kier molecular flexibility index (Phi) is 6.76. The Morgan fingerprint density at radius 1 is 1.20 bits per heavy atom. The largest absolute Gasteiger partial charge is 0.505 e. The van der Waals surface area contributed by atoms with Gasteiger partial charge >= 0.3 is 0 Å². The lowest BCUT2D eigenvalue weighted by Gasteiger charge is -2.33. The monoisotopic (exact) mass is 405 g/mol. The van der Waals surface area contributed by atoms with E-state index in [2.05, 4.69) is 11.9 Å². The molecule has 2 atom stereocenters. The molecular formula is C26H31NO3. The van der Waals surface area contributed by atoms with Gasteiger partial charge in [-0.3, -0.25) is 9.59 Å². The third-order valence-electron chi connectivity index (χ3n) is 6.04. The molecular weight excluding hydrogens is 374 g/mol. The Bertz CT molecular complexity index is 950. The molecule has 0 saturated heterocycles. The SMILES string of the molecule is C=C(C)C1CCC(C)=C[C@H]1C1=C(O)C(NCc2ccccc2)=C(CCC)C(=O)C1=O. The van der Waals surface area contributed by atoms with E-state index < -0.39 is 11.6 Å². The van der Waals surface area contributed by atoms with Crippen LogP contribution in [0, 0.1) is 11.8 Å². The number of rotatable bonds is 7. The van der Waals surface area contributed by atoms with Gasteiger partial charge in [-0.25, -0.2) is 0 Å². The van der Waals surface area contributed by atoms with Gasteiger partial charge in [-0.15, -0.1) is 0 Å². The topological polar surface area (TPSA) is 66.4 Å². The summed E-state index contributed by atoms with van der Waals surface area (Å²) >= 11 is 0. The molecule has 0 fully saturated rings. The fourth-order valence-corrected chi connectivity index (χ4v) is 4.44. The zero-order valence-corrected chi connectivity index (χ0v) is 18.1.